The molecule has 2 aromatic rings. The summed E-state index contributed by atoms with van der Waals surface area (Å²) in [5.41, 5.74) is 1.50. The first-order chi connectivity index (χ1) is 9.95. The number of benzene rings is 2. The summed E-state index contributed by atoms with van der Waals surface area (Å²) in [6.45, 7) is 9.03. The molecule has 1 atom stereocenters. The SMILES string of the molecule is CCCC(C)(C)NC(C)c1ccc2cc(OC)ccc2c1. The highest BCUT2D eigenvalue weighted by Gasteiger charge is 2.19. The quantitative estimate of drug-likeness (QED) is 0.799. The first-order valence-corrected chi connectivity index (χ1v) is 7.80. The van der Waals surface area contributed by atoms with Crippen molar-refractivity contribution in [2.24, 2.45) is 0 Å². The summed E-state index contributed by atoms with van der Waals surface area (Å²) in [6, 6.07) is 13.2. The smallest absolute Gasteiger partial charge is 0.119 e. The van der Waals surface area contributed by atoms with Gasteiger partial charge in [0.15, 0.2) is 0 Å². The highest BCUT2D eigenvalue weighted by molar-refractivity contribution is 5.84. The second-order valence-electron chi connectivity index (χ2n) is 6.47. The molecule has 0 radical (unpaired) electrons. The molecule has 1 N–H and O–H groups in total. The Morgan fingerprint density at radius 2 is 1.76 bits per heavy atom. The lowest BCUT2D eigenvalue weighted by Gasteiger charge is -2.30. The van der Waals surface area contributed by atoms with Gasteiger partial charge in [0.1, 0.15) is 5.75 Å². The van der Waals surface area contributed by atoms with Crippen LogP contribution in [0.5, 0.6) is 5.75 Å². The second-order valence-corrected chi connectivity index (χ2v) is 6.47. The third-order valence-electron chi connectivity index (χ3n) is 4.05. The lowest BCUT2D eigenvalue weighted by molar-refractivity contribution is 0.323. The summed E-state index contributed by atoms with van der Waals surface area (Å²) in [5, 5.41) is 6.22. The third kappa shape index (κ3) is 3.98. The predicted octanol–water partition coefficient (Wildman–Crippen LogP) is 5.08. The molecular formula is C19H27NO. The molecule has 0 aromatic heterocycles. The molecule has 0 aliphatic carbocycles. The van der Waals surface area contributed by atoms with Gasteiger partial charge in [-0.25, -0.2) is 0 Å². The molecule has 0 saturated heterocycles. The monoisotopic (exact) mass is 285 g/mol. The molecule has 0 amide bonds. The van der Waals surface area contributed by atoms with Crippen LogP contribution in [-0.2, 0) is 0 Å². The summed E-state index contributed by atoms with van der Waals surface area (Å²) in [7, 11) is 1.71. The third-order valence-corrected chi connectivity index (χ3v) is 4.05. The number of methoxy groups -OCH3 is 1. The van der Waals surface area contributed by atoms with Crippen LogP contribution in [0.2, 0.25) is 0 Å². The van der Waals surface area contributed by atoms with Crippen molar-refractivity contribution >= 4 is 10.8 Å². The van der Waals surface area contributed by atoms with Gasteiger partial charge in [-0.2, -0.15) is 0 Å². The molecule has 0 bridgehead atoms. The van der Waals surface area contributed by atoms with Crippen molar-refractivity contribution in [3.8, 4) is 5.75 Å². The molecule has 2 rings (SSSR count). The zero-order chi connectivity index (χ0) is 15.5. The van der Waals surface area contributed by atoms with Crippen LogP contribution in [0.15, 0.2) is 36.4 Å². The van der Waals surface area contributed by atoms with Crippen LogP contribution in [0.25, 0.3) is 10.8 Å². The molecule has 2 aromatic carbocycles. The van der Waals surface area contributed by atoms with Crippen LogP contribution in [-0.4, -0.2) is 12.6 Å². The Labute approximate surface area is 128 Å². The Morgan fingerprint density at radius 3 is 2.43 bits per heavy atom. The van der Waals surface area contributed by atoms with E-state index >= 15 is 0 Å². The minimum absolute atomic E-state index is 0.170. The van der Waals surface area contributed by atoms with Crippen molar-refractivity contribution in [1.29, 1.82) is 0 Å². The molecular weight excluding hydrogens is 258 g/mol. The second kappa shape index (κ2) is 6.48. The number of hydrogen-bond acceptors (Lipinski definition) is 2. The van der Waals surface area contributed by atoms with Gasteiger partial charge in [0, 0.05) is 11.6 Å². The van der Waals surface area contributed by atoms with Crippen molar-refractivity contribution in [3.63, 3.8) is 0 Å². The fourth-order valence-electron chi connectivity index (χ4n) is 3.01. The zero-order valence-corrected chi connectivity index (χ0v) is 13.9. The van der Waals surface area contributed by atoms with Crippen LogP contribution in [0.1, 0.15) is 52.1 Å². The van der Waals surface area contributed by atoms with E-state index in [4.69, 9.17) is 4.74 Å². The number of hydrogen-bond donors (Lipinski definition) is 1. The van der Waals surface area contributed by atoms with E-state index in [-0.39, 0.29) is 5.54 Å². The van der Waals surface area contributed by atoms with Gasteiger partial charge < -0.3 is 10.1 Å². The van der Waals surface area contributed by atoms with Gasteiger partial charge in [0.2, 0.25) is 0 Å². The van der Waals surface area contributed by atoms with Gasteiger partial charge in [-0.3, -0.25) is 0 Å². The predicted molar refractivity (Wildman–Crippen MR) is 91.0 cm³/mol. The van der Waals surface area contributed by atoms with Crippen molar-refractivity contribution in [3.05, 3.63) is 42.0 Å². The number of rotatable bonds is 6. The van der Waals surface area contributed by atoms with E-state index in [2.05, 4.69) is 63.3 Å². The Kier molecular flexibility index (Phi) is 4.89. The van der Waals surface area contributed by atoms with Gasteiger partial charge >= 0.3 is 0 Å². The number of ether oxygens (including phenoxy) is 1. The maximum atomic E-state index is 5.28. The van der Waals surface area contributed by atoms with Crippen LogP contribution >= 0.6 is 0 Å². The van der Waals surface area contributed by atoms with Crippen LogP contribution in [0, 0.1) is 0 Å². The van der Waals surface area contributed by atoms with Crippen molar-refractivity contribution in [2.75, 3.05) is 7.11 Å². The summed E-state index contributed by atoms with van der Waals surface area (Å²) < 4.78 is 5.28. The van der Waals surface area contributed by atoms with Gasteiger partial charge in [0.05, 0.1) is 7.11 Å². The molecule has 0 spiro atoms. The summed E-state index contributed by atoms with van der Waals surface area (Å²) in [4.78, 5) is 0. The molecule has 1 unspecified atom stereocenters. The highest BCUT2D eigenvalue weighted by Crippen LogP contribution is 2.26. The minimum atomic E-state index is 0.170. The maximum Gasteiger partial charge on any atom is 0.119 e. The van der Waals surface area contributed by atoms with Gasteiger partial charge in [0.25, 0.3) is 0 Å². The normalized spacial score (nSPS) is 13.4. The molecule has 21 heavy (non-hydrogen) atoms. The minimum Gasteiger partial charge on any atom is -0.497 e. The largest absolute Gasteiger partial charge is 0.497 e. The van der Waals surface area contributed by atoms with Crippen LogP contribution in [0.4, 0.5) is 0 Å². The molecule has 0 fully saturated rings. The lowest BCUT2D eigenvalue weighted by atomic mass is 9.95. The zero-order valence-electron chi connectivity index (χ0n) is 13.9. The molecule has 0 aliphatic heterocycles. The van der Waals surface area contributed by atoms with Crippen LogP contribution < -0.4 is 10.1 Å². The number of nitrogens with one attached hydrogen (secondary N) is 1. The van der Waals surface area contributed by atoms with E-state index in [1.165, 1.54) is 29.2 Å². The Hall–Kier alpha value is -1.54. The van der Waals surface area contributed by atoms with E-state index in [9.17, 15) is 0 Å². The Bertz CT molecular complexity index is 604. The first-order valence-electron chi connectivity index (χ1n) is 7.80. The van der Waals surface area contributed by atoms with Gasteiger partial charge in [-0.1, -0.05) is 31.5 Å². The van der Waals surface area contributed by atoms with E-state index in [0.29, 0.717) is 6.04 Å². The number of fused-ring (bicyclic) bond motifs is 1. The Morgan fingerprint density at radius 1 is 1.10 bits per heavy atom. The molecule has 2 heteroatoms. The van der Waals surface area contributed by atoms with Crippen molar-refractivity contribution in [1.82, 2.24) is 5.32 Å². The average molecular weight is 285 g/mol. The highest BCUT2D eigenvalue weighted by atomic mass is 16.5. The van der Waals surface area contributed by atoms with Gasteiger partial charge in [-0.05, 0) is 61.7 Å². The van der Waals surface area contributed by atoms with E-state index in [0.717, 1.165) is 5.75 Å². The molecule has 0 heterocycles. The molecule has 2 nitrogen and oxygen atoms in total. The molecule has 0 saturated carbocycles. The van der Waals surface area contributed by atoms with Crippen LogP contribution in [0.3, 0.4) is 0 Å². The summed E-state index contributed by atoms with van der Waals surface area (Å²) in [5.74, 6) is 0.908. The average Bonchev–Trinajstić information content (AvgIpc) is 2.45. The van der Waals surface area contributed by atoms with Gasteiger partial charge in [-0.15, -0.1) is 0 Å². The standard InChI is InChI=1S/C19H27NO/c1-6-11-19(3,4)20-14(2)15-7-8-17-13-18(21-5)10-9-16(17)12-15/h7-10,12-14,20H,6,11H2,1-5H3. The lowest BCUT2D eigenvalue weighted by Crippen LogP contribution is -2.40. The fraction of sp³-hybridized carbons (Fsp3) is 0.474. The fourth-order valence-corrected chi connectivity index (χ4v) is 3.01. The first kappa shape index (κ1) is 15.8. The van der Waals surface area contributed by atoms with E-state index in [1.54, 1.807) is 7.11 Å². The topological polar surface area (TPSA) is 21.3 Å². The molecule has 0 aliphatic rings. The summed E-state index contributed by atoms with van der Waals surface area (Å²) in [6.07, 6.45) is 2.38. The van der Waals surface area contributed by atoms with Crippen molar-refractivity contribution < 1.29 is 4.74 Å². The maximum absolute atomic E-state index is 5.28. The van der Waals surface area contributed by atoms with E-state index < -0.39 is 0 Å². The summed E-state index contributed by atoms with van der Waals surface area (Å²) >= 11 is 0. The van der Waals surface area contributed by atoms with E-state index in [1.807, 2.05) is 6.07 Å². The Balaban J connectivity index is 2.22. The van der Waals surface area contributed by atoms with Crippen molar-refractivity contribution in [2.45, 2.75) is 52.1 Å². The molecule has 114 valence electrons.